The zero-order valence-corrected chi connectivity index (χ0v) is 14.7. The summed E-state index contributed by atoms with van der Waals surface area (Å²) in [5, 5.41) is 11.2. The Morgan fingerprint density at radius 2 is 1.71 bits per heavy atom. The van der Waals surface area contributed by atoms with Crippen LogP contribution in [0.3, 0.4) is 0 Å². The SMILES string of the molecule is Nc1nc(Cc2ccccc2)c2nc(-c3ccc(N)c([N+](=O)[O-])c3)ccc2n1. The molecule has 0 radical (unpaired) electrons. The van der Waals surface area contributed by atoms with E-state index in [1.54, 1.807) is 18.2 Å². The third-order valence-electron chi connectivity index (χ3n) is 4.37. The first-order valence-electron chi connectivity index (χ1n) is 8.52. The number of pyridine rings is 1. The normalized spacial score (nSPS) is 10.9. The van der Waals surface area contributed by atoms with Gasteiger partial charge in [0.25, 0.3) is 5.69 Å². The number of rotatable bonds is 4. The van der Waals surface area contributed by atoms with Crippen molar-refractivity contribution in [3.8, 4) is 11.3 Å². The molecule has 0 aliphatic rings. The second-order valence-electron chi connectivity index (χ2n) is 6.29. The van der Waals surface area contributed by atoms with Crippen LogP contribution in [0.4, 0.5) is 17.3 Å². The maximum Gasteiger partial charge on any atom is 0.292 e. The molecule has 2 aromatic carbocycles. The maximum atomic E-state index is 11.2. The molecule has 0 fully saturated rings. The Bertz CT molecular complexity index is 1190. The highest BCUT2D eigenvalue weighted by molar-refractivity contribution is 5.82. The Morgan fingerprint density at radius 3 is 2.46 bits per heavy atom. The predicted molar refractivity (Wildman–Crippen MR) is 107 cm³/mol. The van der Waals surface area contributed by atoms with E-state index in [1.165, 1.54) is 12.1 Å². The molecule has 0 bridgehead atoms. The van der Waals surface area contributed by atoms with Gasteiger partial charge >= 0.3 is 0 Å². The molecule has 4 rings (SSSR count). The number of nitro benzene ring substituents is 1. The summed E-state index contributed by atoms with van der Waals surface area (Å²) in [5.41, 5.74) is 15.6. The van der Waals surface area contributed by atoms with Crippen LogP contribution in [0.5, 0.6) is 0 Å². The van der Waals surface area contributed by atoms with Gasteiger partial charge in [-0.2, -0.15) is 0 Å². The van der Waals surface area contributed by atoms with Gasteiger partial charge < -0.3 is 11.5 Å². The van der Waals surface area contributed by atoms with Crippen molar-refractivity contribution in [2.75, 3.05) is 11.5 Å². The number of fused-ring (bicyclic) bond motifs is 1. The van der Waals surface area contributed by atoms with Gasteiger partial charge in [-0.05, 0) is 23.8 Å². The van der Waals surface area contributed by atoms with Crippen LogP contribution < -0.4 is 11.5 Å². The van der Waals surface area contributed by atoms with Crippen molar-refractivity contribution in [1.82, 2.24) is 15.0 Å². The molecule has 2 heterocycles. The number of anilines is 2. The Labute approximate surface area is 160 Å². The Kier molecular flexibility index (Phi) is 4.29. The highest BCUT2D eigenvalue weighted by Gasteiger charge is 2.15. The number of hydrogen-bond donors (Lipinski definition) is 2. The second kappa shape index (κ2) is 6.92. The average molecular weight is 372 g/mol. The standard InChI is InChI=1S/C20H16N6O2/c21-14-7-6-13(11-18(14)26(27)28)15-8-9-16-19(23-15)17(25-20(22)24-16)10-12-4-2-1-3-5-12/h1-9,11H,10,21H2,(H2,22,24,25). The lowest BCUT2D eigenvalue weighted by Gasteiger charge is -2.09. The van der Waals surface area contributed by atoms with Crippen LogP contribution in [0.2, 0.25) is 0 Å². The van der Waals surface area contributed by atoms with Crippen LogP contribution >= 0.6 is 0 Å². The molecular formula is C20H16N6O2. The Balaban J connectivity index is 1.84. The third kappa shape index (κ3) is 3.30. The molecule has 2 aromatic heterocycles. The molecule has 0 unspecified atom stereocenters. The quantitative estimate of drug-likeness (QED) is 0.319. The molecule has 8 heteroatoms. The van der Waals surface area contributed by atoms with Crippen LogP contribution in [0, 0.1) is 10.1 Å². The fraction of sp³-hybridized carbons (Fsp3) is 0.0500. The summed E-state index contributed by atoms with van der Waals surface area (Å²) in [6, 6.07) is 18.0. The molecule has 0 aliphatic carbocycles. The number of nitro groups is 1. The molecule has 0 saturated heterocycles. The van der Waals surface area contributed by atoms with Gasteiger partial charge in [0, 0.05) is 18.1 Å². The minimum Gasteiger partial charge on any atom is -0.393 e. The van der Waals surface area contributed by atoms with E-state index in [0.717, 1.165) is 5.56 Å². The van der Waals surface area contributed by atoms with E-state index in [-0.39, 0.29) is 17.3 Å². The minimum atomic E-state index is -0.509. The van der Waals surface area contributed by atoms with Crippen molar-refractivity contribution < 1.29 is 4.92 Å². The molecular weight excluding hydrogens is 356 g/mol. The zero-order chi connectivity index (χ0) is 19.7. The van der Waals surface area contributed by atoms with Crippen molar-refractivity contribution in [3.63, 3.8) is 0 Å². The van der Waals surface area contributed by atoms with Crippen LogP contribution in [-0.4, -0.2) is 19.9 Å². The van der Waals surface area contributed by atoms with Gasteiger partial charge in [-0.1, -0.05) is 36.4 Å². The van der Waals surface area contributed by atoms with Crippen LogP contribution in [-0.2, 0) is 6.42 Å². The van der Waals surface area contributed by atoms with E-state index in [1.807, 2.05) is 30.3 Å². The summed E-state index contributed by atoms with van der Waals surface area (Å²) in [6.07, 6.45) is 0.544. The van der Waals surface area contributed by atoms with Gasteiger partial charge in [-0.15, -0.1) is 0 Å². The summed E-state index contributed by atoms with van der Waals surface area (Å²) in [5.74, 6) is 0.177. The van der Waals surface area contributed by atoms with Crippen molar-refractivity contribution in [2.45, 2.75) is 6.42 Å². The number of nitrogen functional groups attached to an aromatic ring is 2. The number of benzene rings is 2. The third-order valence-corrected chi connectivity index (χ3v) is 4.37. The second-order valence-corrected chi connectivity index (χ2v) is 6.29. The van der Waals surface area contributed by atoms with E-state index < -0.39 is 4.92 Å². The lowest BCUT2D eigenvalue weighted by atomic mass is 10.1. The van der Waals surface area contributed by atoms with E-state index in [2.05, 4.69) is 15.0 Å². The van der Waals surface area contributed by atoms with Gasteiger partial charge in [0.05, 0.1) is 21.8 Å². The maximum absolute atomic E-state index is 11.2. The lowest BCUT2D eigenvalue weighted by molar-refractivity contribution is -0.383. The van der Waals surface area contributed by atoms with Gasteiger partial charge in [-0.25, -0.2) is 15.0 Å². The van der Waals surface area contributed by atoms with Gasteiger partial charge in [-0.3, -0.25) is 10.1 Å². The molecule has 0 aliphatic heterocycles. The molecule has 0 amide bonds. The smallest absolute Gasteiger partial charge is 0.292 e. The number of hydrogen-bond acceptors (Lipinski definition) is 7. The molecule has 0 saturated carbocycles. The highest BCUT2D eigenvalue weighted by atomic mass is 16.6. The van der Waals surface area contributed by atoms with Crippen LogP contribution in [0.15, 0.2) is 60.7 Å². The van der Waals surface area contributed by atoms with Gasteiger partial charge in [0.15, 0.2) is 0 Å². The largest absolute Gasteiger partial charge is 0.393 e. The molecule has 4 N–H and O–H groups in total. The van der Waals surface area contributed by atoms with E-state index >= 15 is 0 Å². The molecule has 138 valence electrons. The van der Waals surface area contributed by atoms with E-state index in [9.17, 15) is 10.1 Å². The number of nitrogens with zero attached hydrogens (tertiary/aromatic N) is 4. The molecule has 0 spiro atoms. The minimum absolute atomic E-state index is 0.107. The molecule has 28 heavy (non-hydrogen) atoms. The first kappa shape index (κ1) is 17.3. The summed E-state index contributed by atoms with van der Waals surface area (Å²) in [7, 11) is 0. The fourth-order valence-electron chi connectivity index (χ4n) is 3.03. The number of nitrogens with two attached hydrogens (primary N) is 2. The van der Waals surface area contributed by atoms with Crippen molar-refractivity contribution in [2.24, 2.45) is 0 Å². The van der Waals surface area contributed by atoms with Crippen LogP contribution in [0.25, 0.3) is 22.3 Å². The topological polar surface area (TPSA) is 134 Å². The van der Waals surface area contributed by atoms with Crippen molar-refractivity contribution in [1.29, 1.82) is 0 Å². The van der Waals surface area contributed by atoms with Crippen LogP contribution in [0.1, 0.15) is 11.3 Å². The Hall–Kier alpha value is -4.07. The molecule has 8 nitrogen and oxygen atoms in total. The summed E-state index contributed by atoms with van der Waals surface area (Å²) in [4.78, 5) is 24.0. The summed E-state index contributed by atoms with van der Waals surface area (Å²) < 4.78 is 0. The number of aromatic nitrogens is 3. The fourth-order valence-corrected chi connectivity index (χ4v) is 3.03. The highest BCUT2D eigenvalue weighted by Crippen LogP contribution is 2.29. The van der Waals surface area contributed by atoms with Crippen molar-refractivity contribution >= 4 is 28.4 Å². The monoisotopic (exact) mass is 372 g/mol. The van der Waals surface area contributed by atoms with Crippen molar-refractivity contribution in [3.05, 3.63) is 82.0 Å². The summed E-state index contributed by atoms with van der Waals surface area (Å²) in [6.45, 7) is 0. The van der Waals surface area contributed by atoms with E-state index in [0.29, 0.717) is 34.4 Å². The van der Waals surface area contributed by atoms with Gasteiger partial charge in [0.1, 0.15) is 11.2 Å². The first-order chi connectivity index (χ1) is 13.5. The Morgan fingerprint density at radius 1 is 0.929 bits per heavy atom. The zero-order valence-electron chi connectivity index (χ0n) is 14.7. The van der Waals surface area contributed by atoms with E-state index in [4.69, 9.17) is 11.5 Å². The van der Waals surface area contributed by atoms with Gasteiger partial charge in [0.2, 0.25) is 5.95 Å². The average Bonchev–Trinajstić information content (AvgIpc) is 2.68. The molecule has 0 atom stereocenters. The lowest BCUT2D eigenvalue weighted by Crippen LogP contribution is -2.03. The predicted octanol–water partition coefficient (Wildman–Crippen LogP) is 3.36. The first-order valence-corrected chi connectivity index (χ1v) is 8.52. The summed E-state index contributed by atoms with van der Waals surface area (Å²) >= 11 is 0. The molecule has 4 aromatic rings.